The zero-order chi connectivity index (χ0) is 20.7. The van der Waals surface area contributed by atoms with E-state index in [1.807, 2.05) is 31.2 Å². The van der Waals surface area contributed by atoms with Gasteiger partial charge in [0.2, 0.25) is 0 Å². The van der Waals surface area contributed by atoms with Gasteiger partial charge >= 0.3 is 5.97 Å². The third-order valence-electron chi connectivity index (χ3n) is 5.92. The maximum Gasteiger partial charge on any atom is 0.331 e. The average Bonchev–Trinajstić information content (AvgIpc) is 3.39. The second-order valence-electron chi connectivity index (χ2n) is 8.23. The number of rotatable bonds is 5. The lowest BCUT2D eigenvalue weighted by molar-refractivity contribution is -0.149. The Bertz CT molecular complexity index is 984. The van der Waals surface area contributed by atoms with E-state index in [2.05, 4.69) is 24.5 Å². The number of aryl methyl sites for hydroxylation is 1. The number of hydrogen-bond donors (Lipinski definition) is 0. The van der Waals surface area contributed by atoms with E-state index in [1.165, 1.54) is 30.3 Å². The summed E-state index contributed by atoms with van der Waals surface area (Å²) >= 11 is 0. The van der Waals surface area contributed by atoms with Crippen molar-refractivity contribution in [2.45, 2.75) is 65.1 Å². The van der Waals surface area contributed by atoms with Crippen molar-refractivity contribution < 1.29 is 14.3 Å². The number of aromatic nitrogens is 1. The first-order valence-corrected chi connectivity index (χ1v) is 10.3. The van der Waals surface area contributed by atoms with Crippen molar-refractivity contribution in [2.75, 3.05) is 4.90 Å². The molecule has 1 saturated carbocycles. The number of esters is 1. The SMILES string of the molecule is Cc1cc(/C=C/C(=O)O[C@@H](C)C(=O)N2c3ccccc3C[C@H]2C)c(C)n1C1CC1. The number of hydrogen-bond acceptors (Lipinski definition) is 3. The normalized spacial score (nSPS) is 19.4. The predicted octanol–water partition coefficient (Wildman–Crippen LogP) is 4.36. The molecule has 29 heavy (non-hydrogen) atoms. The summed E-state index contributed by atoms with van der Waals surface area (Å²) in [5.74, 6) is -0.682. The minimum Gasteiger partial charge on any atom is -0.449 e. The first-order chi connectivity index (χ1) is 13.9. The van der Waals surface area contributed by atoms with Crippen LogP contribution in [0.1, 0.15) is 55.2 Å². The van der Waals surface area contributed by atoms with Gasteiger partial charge in [-0.25, -0.2) is 4.79 Å². The summed E-state index contributed by atoms with van der Waals surface area (Å²) in [5, 5.41) is 0. The van der Waals surface area contributed by atoms with Crippen LogP contribution in [-0.2, 0) is 20.7 Å². The zero-order valence-corrected chi connectivity index (χ0v) is 17.5. The van der Waals surface area contributed by atoms with Gasteiger partial charge in [-0.2, -0.15) is 0 Å². The van der Waals surface area contributed by atoms with Gasteiger partial charge < -0.3 is 14.2 Å². The fraction of sp³-hybridized carbons (Fsp3) is 0.417. The maximum absolute atomic E-state index is 12.9. The van der Waals surface area contributed by atoms with Crippen molar-refractivity contribution in [3.8, 4) is 0 Å². The van der Waals surface area contributed by atoms with Gasteiger partial charge in [0.1, 0.15) is 0 Å². The molecule has 1 aromatic carbocycles. The van der Waals surface area contributed by atoms with E-state index in [1.54, 1.807) is 17.9 Å². The Morgan fingerprint density at radius 2 is 1.93 bits per heavy atom. The van der Waals surface area contributed by atoms with Crippen molar-refractivity contribution >= 4 is 23.6 Å². The fourth-order valence-corrected chi connectivity index (χ4v) is 4.38. The number of fused-ring (bicyclic) bond motifs is 1. The van der Waals surface area contributed by atoms with Gasteiger partial charge in [0.05, 0.1) is 0 Å². The summed E-state index contributed by atoms with van der Waals surface area (Å²) in [6, 6.07) is 10.6. The van der Waals surface area contributed by atoms with Crippen LogP contribution >= 0.6 is 0 Å². The first-order valence-electron chi connectivity index (χ1n) is 10.3. The molecule has 4 rings (SSSR count). The molecule has 0 N–H and O–H groups in total. The van der Waals surface area contributed by atoms with Gasteiger partial charge in [0, 0.05) is 35.2 Å². The number of ether oxygens (including phenoxy) is 1. The summed E-state index contributed by atoms with van der Waals surface area (Å²) in [6.07, 6.45) is 5.63. The highest BCUT2D eigenvalue weighted by molar-refractivity contribution is 6.00. The summed E-state index contributed by atoms with van der Waals surface area (Å²) in [4.78, 5) is 27.0. The molecule has 2 aromatic rings. The molecule has 0 unspecified atom stereocenters. The van der Waals surface area contributed by atoms with Crippen molar-refractivity contribution in [1.82, 2.24) is 4.57 Å². The van der Waals surface area contributed by atoms with Crippen LogP contribution in [-0.4, -0.2) is 28.6 Å². The number of nitrogens with zero attached hydrogens (tertiary/aromatic N) is 2. The summed E-state index contributed by atoms with van der Waals surface area (Å²) < 4.78 is 7.76. The lowest BCUT2D eigenvalue weighted by atomic mass is 10.1. The number of anilines is 1. The number of para-hydroxylation sites is 1. The molecule has 1 aliphatic carbocycles. The highest BCUT2D eigenvalue weighted by atomic mass is 16.5. The number of carbonyl (C=O) groups excluding carboxylic acids is 2. The fourth-order valence-electron chi connectivity index (χ4n) is 4.38. The van der Waals surface area contributed by atoms with Crippen LogP contribution in [0.15, 0.2) is 36.4 Å². The van der Waals surface area contributed by atoms with Crippen molar-refractivity contribution in [2.24, 2.45) is 0 Å². The highest BCUT2D eigenvalue weighted by Gasteiger charge is 2.34. The van der Waals surface area contributed by atoms with Gasteiger partial charge in [0.25, 0.3) is 5.91 Å². The Balaban J connectivity index is 1.42. The molecule has 1 fully saturated rings. The van der Waals surface area contributed by atoms with Gasteiger partial charge in [0.15, 0.2) is 6.10 Å². The van der Waals surface area contributed by atoms with Crippen molar-refractivity contribution in [3.63, 3.8) is 0 Å². The van der Waals surface area contributed by atoms with E-state index >= 15 is 0 Å². The molecule has 0 spiro atoms. The third kappa shape index (κ3) is 3.74. The van der Waals surface area contributed by atoms with Crippen molar-refractivity contribution in [3.05, 3.63) is 58.9 Å². The molecule has 1 aromatic heterocycles. The van der Waals surface area contributed by atoms with Crippen LogP contribution in [0.4, 0.5) is 5.69 Å². The molecular weight excluding hydrogens is 364 g/mol. The van der Waals surface area contributed by atoms with Crippen molar-refractivity contribution in [1.29, 1.82) is 0 Å². The topological polar surface area (TPSA) is 51.5 Å². The van der Waals surface area contributed by atoms with Gasteiger partial charge in [-0.3, -0.25) is 4.79 Å². The highest BCUT2D eigenvalue weighted by Crippen LogP contribution is 2.38. The quantitative estimate of drug-likeness (QED) is 0.561. The van der Waals surface area contributed by atoms with Gasteiger partial charge in [-0.1, -0.05) is 18.2 Å². The Labute approximate surface area is 172 Å². The molecule has 5 heteroatoms. The van der Waals surface area contributed by atoms with Crippen LogP contribution in [0.2, 0.25) is 0 Å². The Morgan fingerprint density at radius 1 is 1.21 bits per heavy atom. The molecule has 2 atom stereocenters. The van der Waals surface area contributed by atoms with Crippen LogP contribution in [0.3, 0.4) is 0 Å². The molecular formula is C24H28N2O3. The standard InChI is InChI=1S/C24H28N2O3/c1-15-13-19(17(3)25(15)21-10-11-21)9-12-23(27)29-18(4)24(28)26-16(2)14-20-7-5-6-8-22(20)26/h5-9,12-13,16,18,21H,10-11,14H2,1-4H3/b12-9+/t16-,18+/m1/s1. The van der Waals surface area contributed by atoms with E-state index in [4.69, 9.17) is 4.74 Å². The van der Waals surface area contributed by atoms with Gasteiger partial charge in [-0.05, 0) is 76.3 Å². The number of amides is 1. The van der Waals surface area contributed by atoms with Gasteiger partial charge in [-0.15, -0.1) is 0 Å². The molecule has 2 aliphatic rings. The van der Waals surface area contributed by atoms with E-state index in [9.17, 15) is 9.59 Å². The molecule has 2 heterocycles. The molecule has 0 saturated heterocycles. The Hall–Kier alpha value is -2.82. The molecule has 1 amide bonds. The van der Waals surface area contributed by atoms with E-state index in [0.29, 0.717) is 6.04 Å². The monoisotopic (exact) mass is 392 g/mol. The van der Waals surface area contributed by atoms with E-state index < -0.39 is 12.1 Å². The Kier molecular flexibility index (Phi) is 5.07. The van der Waals surface area contributed by atoms with Crippen LogP contribution in [0.25, 0.3) is 6.08 Å². The summed E-state index contributed by atoms with van der Waals surface area (Å²) in [5.41, 5.74) is 5.46. The molecule has 0 bridgehead atoms. The molecule has 5 nitrogen and oxygen atoms in total. The second-order valence-corrected chi connectivity index (χ2v) is 8.23. The number of benzene rings is 1. The number of carbonyl (C=O) groups is 2. The maximum atomic E-state index is 12.9. The summed E-state index contributed by atoms with van der Waals surface area (Å²) in [6.45, 7) is 7.83. The molecule has 0 radical (unpaired) electrons. The molecule has 152 valence electrons. The van der Waals surface area contributed by atoms with Crippen LogP contribution in [0, 0.1) is 13.8 Å². The summed E-state index contributed by atoms with van der Waals surface area (Å²) in [7, 11) is 0. The second kappa shape index (κ2) is 7.54. The lowest BCUT2D eigenvalue weighted by Gasteiger charge is -2.25. The Morgan fingerprint density at radius 3 is 2.66 bits per heavy atom. The first kappa shape index (κ1) is 19.5. The zero-order valence-electron chi connectivity index (χ0n) is 17.5. The smallest absolute Gasteiger partial charge is 0.331 e. The third-order valence-corrected chi connectivity index (χ3v) is 5.92. The van der Waals surface area contributed by atoms with Crippen LogP contribution < -0.4 is 4.90 Å². The molecule has 1 aliphatic heterocycles. The lowest BCUT2D eigenvalue weighted by Crippen LogP contribution is -2.43. The minimum absolute atomic E-state index is 0.0596. The minimum atomic E-state index is -0.834. The van der Waals surface area contributed by atoms with E-state index in [-0.39, 0.29) is 11.9 Å². The van der Waals surface area contributed by atoms with E-state index in [0.717, 1.165) is 23.2 Å². The average molecular weight is 392 g/mol. The van der Waals surface area contributed by atoms with Crippen LogP contribution in [0.5, 0.6) is 0 Å². The predicted molar refractivity (Wildman–Crippen MR) is 114 cm³/mol. The largest absolute Gasteiger partial charge is 0.449 e.